The van der Waals surface area contributed by atoms with Crippen LogP contribution < -0.4 is 4.90 Å². The number of carbonyl (C=O) groups is 2. The third-order valence-corrected chi connectivity index (χ3v) is 7.54. The first-order valence-corrected chi connectivity index (χ1v) is 12.0. The number of thiophene rings is 1. The van der Waals surface area contributed by atoms with Gasteiger partial charge in [-0.1, -0.05) is 11.6 Å². The van der Waals surface area contributed by atoms with Crippen molar-refractivity contribution in [3.8, 4) is 0 Å². The van der Waals surface area contributed by atoms with Crippen LogP contribution in [0.1, 0.15) is 36.1 Å². The molecule has 8 heteroatoms. The van der Waals surface area contributed by atoms with Gasteiger partial charge in [-0.05, 0) is 67.8 Å². The molecule has 2 fully saturated rings. The number of aryl methyl sites for hydroxylation is 1. The van der Waals surface area contributed by atoms with E-state index in [1.54, 1.807) is 22.3 Å². The van der Waals surface area contributed by atoms with E-state index in [9.17, 15) is 14.0 Å². The molecule has 0 bridgehead atoms. The molecule has 0 N–H and O–H groups in total. The van der Waals surface area contributed by atoms with Crippen molar-refractivity contribution >= 4 is 40.6 Å². The number of benzene rings is 1. The van der Waals surface area contributed by atoms with Crippen molar-refractivity contribution in [2.75, 3.05) is 31.1 Å². The van der Waals surface area contributed by atoms with Crippen LogP contribution in [0.5, 0.6) is 0 Å². The molecule has 3 amide bonds. The van der Waals surface area contributed by atoms with Crippen LogP contribution in [0.2, 0.25) is 5.02 Å². The average Bonchev–Trinajstić information content (AvgIpc) is 3.45. The topological polar surface area (TPSA) is 43.9 Å². The molecule has 2 aliphatic heterocycles. The van der Waals surface area contributed by atoms with E-state index in [0.717, 1.165) is 36.4 Å². The van der Waals surface area contributed by atoms with Crippen molar-refractivity contribution in [3.05, 3.63) is 50.9 Å². The summed E-state index contributed by atoms with van der Waals surface area (Å²) in [5, 5.41) is 2.01. The maximum absolute atomic E-state index is 13.7. The maximum atomic E-state index is 13.7. The number of likely N-dealkylation sites (tertiary alicyclic amines) is 2. The van der Waals surface area contributed by atoms with E-state index < -0.39 is 5.82 Å². The summed E-state index contributed by atoms with van der Waals surface area (Å²) in [6, 6.07) is 6.55. The Morgan fingerprint density at radius 3 is 2.42 bits per heavy atom. The number of amides is 3. The summed E-state index contributed by atoms with van der Waals surface area (Å²) in [7, 11) is 0. The van der Waals surface area contributed by atoms with Gasteiger partial charge in [-0.25, -0.2) is 9.18 Å². The molecule has 1 aromatic carbocycles. The van der Waals surface area contributed by atoms with Gasteiger partial charge in [0.1, 0.15) is 5.82 Å². The van der Waals surface area contributed by atoms with Crippen LogP contribution in [0.4, 0.5) is 14.9 Å². The first-order chi connectivity index (χ1) is 14.9. The molecule has 5 nitrogen and oxygen atoms in total. The minimum Gasteiger partial charge on any atom is -0.325 e. The molecular weight excluding hydrogens is 437 g/mol. The van der Waals surface area contributed by atoms with Gasteiger partial charge in [0, 0.05) is 42.7 Å². The minimum atomic E-state index is -0.501. The van der Waals surface area contributed by atoms with Gasteiger partial charge >= 0.3 is 6.03 Å². The Morgan fingerprint density at radius 1 is 1.13 bits per heavy atom. The zero-order valence-corrected chi connectivity index (χ0v) is 19.2. The summed E-state index contributed by atoms with van der Waals surface area (Å²) in [6.07, 6.45) is 3.40. The van der Waals surface area contributed by atoms with Gasteiger partial charge in [0.15, 0.2) is 0 Å². The first kappa shape index (κ1) is 22.1. The second kappa shape index (κ2) is 9.57. The Bertz CT molecular complexity index is 952. The summed E-state index contributed by atoms with van der Waals surface area (Å²) < 4.78 is 13.7. The van der Waals surface area contributed by atoms with Crippen LogP contribution in [-0.2, 0) is 11.3 Å². The molecule has 1 aromatic heterocycles. The van der Waals surface area contributed by atoms with Gasteiger partial charge < -0.3 is 14.7 Å². The molecule has 0 unspecified atom stereocenters. The fraction of sp³-hybridized carbons (Fsp3) is 0.478. The smallest absolute Gasteiger partial charge is 0.319 e. The Hall–Kier alpha value is -2.12. The lowest BCUT2D eigenvalue weighted by atomic mass is 9.95. The van der Waals surface area contributed by atoms with E-state index in [1.165, 1.54) is 12.1 Å². The van der Waals surface area contributed by atoms with Gasteiger partial charge in [-0.3, -0.25) is 4.79 Å². The molecule has 0 radical (unpaired) electrons. The average molecular weight is 464 g/mol. The SMILES string of the molecule is Cc1ccsc1CN(C(=O)C1CCN(C(=O)N2CCCC2)CC1)c1ccc(F)c(Cl)c1. The fourth-order valence-corrected chi connectivity index (χ4v) is 5.37. The number of urea groups is 1. The molecule has 0 atom stereocenters. The highest BCUT2D eigenvalue weighted by atomic mass is 35.5. The number of carbonyl (C=O) groups excluding carboxylic acids is 2. The van der Waals surface area contributed by atoms with Crippen LogP contribution in [0, 0.1) is 18.7 Å². The van der Waals surface area contributed by atoms with Gasteiger partial charge in [-0.15, -0.1) is 11.3 Å². The molecule has 0 spiro atoms. The maximum Gasteiger partial charge on any atom is 0.319 e. The molecule has 2 aromatic rings. The van der Waals surface area contributed by atoms with Crippen molar-refractivity contribution in [1.29, 1.82) is 0 Å². The van der Waals surface area contributed by atoms with Crippen molar-refractivity contribution < 1.29 is 14.0 Å². The van der Waals surface area contributed by atoms with E-state index in [2.05, 4.69) is 0 Å². The molecule has 0 saturated carbocycles. The summed E-state index contributed by atoms with van der Waals surface area (Å²) >= 11 is 7.62. The lowest BCUT2D eigenvalue weighted by Crippen LogP contribution is -2.48. The van der Waals surface area contributed by atoms with Crippen LogP contribution in [0.25, 0.3) is 0 Å². The highest BCUT2D eigenvalue weighted by Crippen LogP contribution is 2.30. The summed E-state index contributed by atoms with van der Waals surface area (Å²) in [5.74, 6) is -0.672. The highest BCUT2D eigenvalue weighted by molar-refractivity contribution is 7.10. The van der Waals surface area contributed by atoms with Crippen molar-refractivity contribution in [2.24, 2.45) is 5.92 Å². The van der Waals surface area contributed by atoms with Crippen molar-refractivity contribution in [1.82, 2.24) is 9.80 Å². The van der Waals surface area contributed by atoms with Gasteiger partial charge in [0.2, 0.25) is 5.91 Å². The van der Waals surface area contributed by atoms with E-state index in [4.69, 9.17) is 11.6 Å². The van der Waals surface area contributed by atoms with E-state index in [-0.39, 0.29) is 22.9 Å². The van der Waals surface area contributed by atoms with Gasteiger partial charge in [0.05, 0.1) is 11.6 Å². The van der Waals surface area contributed by atoms with Crippen LogP contribution in [0.15, 0.2) is 29.6 Å². The molecule has 2 aliphatic rings. The normalized spacial score (nSPS) is 17.3. The lowest BCUT2D eigenvalue weighted by molar-refractivity contribution is -0.123. The Kier molecular flexibility index (Phi) is 6.82. The molecule has 3 heterocycles. The summed E-state index contributed by atoms with van der Waals surface area (Å²) in [5.41, 5.74) is 1.72. The first-order valence-electron chi connectivity index (χ1n) is 10.8. The number of rotatable bonds is 4. The molecular formula is C23H27ClFN3O2S. The highest BCUT2D eigenvalue weighted by Gasteiger charge is 2.33. The van der Waals surface area contributed by atoms with E-state index >= 15 is 0 Å². The number of anilines is 1. The zero-order chi connectivity index (χ0) is 22.0. The third kappa shape index (κ3) is 4.88. The van der Waals surface area contributed by atoms with E-state index in [0.29, 0.717) is 38.2 Å². The Morgan fingerprint density at radius 2 is 1.81 bits per heavy atom. The number of hydrogen-bond acceptors (Lipinski definition) is 3. The summed E-state index contributed by atoms with van der Waals surface area (Å²) in [4.78, 5) is 32.8. The van der Waals surface area contributed by atoms with Crippen molar-refractivity contribution in [3.63, 3.8) is 0 Å². The lowest BCUT2D eigenvalue weighted by Gasteiger charge is -2.36. The predicted octanol–water partition coefficient (Wildman–Crippen LogP) is 5.31. The zero-order valence-electron chi connectivity index (χ0n) is 17.7. The van der Waals surface area contributed by atoms with Gasteiger partial charge in [0.25, 0.3) is 0 Å². The molecule has 31 heavy (non-hydrogen) atoms. The number of halogens is 2. The number of piperidine rings is 1. The Balaban J connectivity index is 1.48. The monoisotopic (exact) mass is 463 g/mol. The van der Waals surface area contributed by atoms with E-state index in [1.807, 2.05) is 28.2 Å². The second-order valence-electron chi connectivity index (χ2n) is 8.29. The molecule has 0 aliphatic carbocycles. The standard InChI is InChI=1S/C23H27ClFN3O2S/c1-16-8-13-31-21(16)15-28(18-4-5-20(25)19(24)14-18)22(29)17-6-11-27(12-7-17)23(30)26-9-2-3-10-26/h4-5,8,13-14,17H,2-3,6-7,9-12,15H2,1H3. The quantitative estimate of drug-likeness (QED) is 0.616. The van der Waals surface area contributed by atoms with Gasteiger partial charge in [-0.2, -0.15) is 0 Å². The number of nitrogens with zero attached hydrogens (tertiary/aromatic N) is 3. The molecule has 2 saturated heterocycles. The Labute approximate surface area is 191 Å². The molecule has 166 valence electrons. The predicted molar refractivity (Wildman–Crippen MR) is 122 cm³/mol. The van der Waals surface area contributed by atoms with Crippen LogP contribution in [0.3, 0.4) is 0 Å². The summed E-state index contributed by atoms with van der Waals surface area (Å²) in [6.45, 7) is 5.28. The van der Waals surface area contributed by atoms with Crippen LogP contribution >= 0.6 is 22.9 Å². The fourth-order valence-electron chi connectivity index (χ4n) is 4.31. The van der Waals surface area contributed by atoms with Crippen LogP contribution in [-0.4, -0.2) is 47.9 Å². The minimum absolute atomic E-state index is 0.00347. The second-order valence-corrected chi connectivity index (χ2v) is 9.70. The number of hydrogen-bond donors (Lipinski definition) is 0. The molecule has 4 rings (SSSR count). The van der Waals surface area contributed by atoms with Crippen molar-refractivity contribution in [2.45, 2.75) is 39.2 Å². The largest absolute Gasteiger partial charge is 0.325 e. The third-order valence-electron chi connectivity index (χ3n) is 6.24.